The summed E-state index contributed by atoms with van der Waals surface area (Å²) in [5.74, 6) is -2.38. The van der Waals surface area contributed by atoms with Crippen molar-refractivity contribution in [2.45, 2.75) is 40.2 Å². The maximum atomic E-state index is 11.7. The lowest BCUT2D eigenvalue weighted by Crippen LogP contribution is -2.49. The fourth-order valence-electron chi connectivity index (χ4n) is 1.29. The molecule has 0 aromatic carbocycles. The van der Waals surface area contributed by atoms with Crippen LogP contribution in [0.25, 0.3) is 0 Å². The Kier molecular flexibility index (Phi) is 6.44. The summed E-state index contributed by atoms with van der Waals surface area (Å²) in [5.41, 5.74) is -0.775. The molecular formula is C11H21NO6S. The van der Waals surface area contributed by atoms with Gasteiger partial charge in [-0.1, -0.05) is 20.8 Å². The molecule has 0 aliphatic carbocycles. The van der Waals surface area contributed by atoms with E-state index in [0.717, 1.165) is 0 Å². The molecule has 0 saturated heterocycles. The zero-order valence-electron chi connectivity index (χ0n) is 11.6. The minimum Gasteiger partial charge on any atom is -0.480 e. The van der Waals surface area contributed by atoms with E-state index in [2.05, 4.69) is 9.46 Å². The van der Waals surface area contributed by atoms with Crippen LogP contribution in [-0.4, -0.2) is 43.9 Å². The molecule has 0 aliphatic heterocycles. The Bertz CT molecular complexity index is 423. The van der Waals surface area contributed by atoms with Crippen molar-refractivity contribution in [3.63, 3.8) is 0 Å². The largest absolute Gasteiger partial charge is 0.480 e. The fourth-order valence-corrected chi connectivity index (χ4v) is 2.65. The predicted molar refractivity (Wildman–Crippen MR) is 69.1 cm³/mol. The van der Waals surface area contributed by atoms with E-state index in [-0.39, 0.29) is 13.0 Å². The number of carbonyl (C=O) groups excluding carboxylic acids is 1. The van der Waals surface area contributed by atoms with Crippen LogP contribution in [0.4, 0.5) is 0 Å². The Morgan fingerprint density at radius 1 is 1.32 bits per heavy atom. The van der Waals surface area contributed by atoms with Crippen LogP contribution in [-0.2, 0) is 24.3 Å². The summed E-state index contributed by atoms with van der Waals surface area (Å²) >= 11 is 0. The quantitative estimate of drug-likeness (QED) is 0.656. The van der Waals surface area contributed by atoms with Gasteiger partial charge in [0.05, 0.1) is 18.8 Å². The van der Waals surface area contributed by atoms with Gasteiger partial charge in [0.1, 0.15) is 6.04 Å². The van der Waals surface area contributed by atoms with Crippen molar-refractivity contribution in [1.82, 2.24) is 4.72 Å². The van der Waals surface area contributed by atoms with E-state index >= 15 is 0 Å². The number of esters is 1. The molecule has 0 heterocycles. The van der Waals surface area contributed by atoms with Crippen molar-refractivity contribution < 1.29 is 27.9 Å². The summed E-state index contributed by atoms with van der Waals surface area (Å²) in [6.45, 7) is 6.62. The molecule has 1 atom stereocenters. The van der Waals surface area contributed by atoms with E-state index in [1.807, 2.05) is 0 Å². The maximum Gasteiger partial charge on any atom is 0.322 e. The SMILES string of the molecule is CCOC(=O)CCS(=O)(=O)N[C@@H](C(=O)O)C(C)(C)C. The number of carbonyl (C=O) groups is 2. The summed E-state index contributed by atoms with van der Waals surface area (Å²) in [6.07, 6.45) is -0.306. The number of rotatable bonds is 7. The van der Waals surface area contributed by atoms with Crippen molar-refractivity contribution in [3.8, 4) is 0 Å². The molecule has 0 unspecified atom stereocenters. The topological polar surface area (TPSA) is 110 Å². The molecule has 112 valence electrons. The number of hydrogen-bond donors (Lipinski definition) is 2. The van der Waals surface area contributed by atoms with E-state index in [1.54, 1.807) is 27.7 Å². The van der Waals surface area contributed by atoms with E-state index < -0.39 is 39.2 Å². The van der Waals surface area contributed by atoms with Crippen molar-refractivity contribution >= 4 is 22.0 Å². The molecule has 0 bridgehead atoms. The number of carboxylic acid groups (broad SMARTS) is 1. The molecule has 19 heavy (non-hydrogen) atoms. The van der Waals surface area contributed by atoms with Crippen LogP contribution in [0.1, 0.15) is 34.1 Å². The highest BCUT2D eigenvalue weighted by molar-refractivity contribution is 7.89. The van der Waals surface area contributed by atoms with Crippen LogP contribution in [0.2, 0.25) is 0 Å². The molecule has 0 radical (unpaired) electrons. The van der Waals surface area contributed by atoms with Crippen LogP contribution in [0.15, 0.2) is 0 Å². The third-order valence-corrected chi connectivity index (χ3v) is 3.63. The van der Waals surface area contributed by atoms with Crippen LogP contribution < -0.4 is 4.72 Å². The summed E-state index contributed by atoms with van der Waals surface area (Å²) in [7, 11) is -3.85. The highest BCUT2D eigenvalue weighted by atomic mass is 32.2. The van der Waals surface area contributed by atoms with Gasteiger partial charge in [0, 0.05) is 0 Å². The van der Waals surface area contributed by atoms with Gasteiger partial charge in [-0.3, -0.25) is 9.59 Å². The highest BCUT2D eigenvalue weighted by Crippen LogP contribution is 2.20. The molecule has 7 nitrogen and oxygen atoms in total. The Morgan fingerprint density at radius 2 is 1.84 bits per heavy atom. The third-order valence-electron chi connectivity index (χ3n) is 2.29. The second-order valence-corrected chi connectivity index (χ2v) is 7.00. The molecule has 0 aromatic heterocycles. The molecule has 2 N–H and O–H groups in total. The van der Waals surface area contributed by atoms with Crippen molar-refractivity contribution in [2.24, 2.45) is 5.41 Å². The van der Waals surface area contributed by atoms with Gasteiger partial charge in [0.15, 0.2) is 0 Å². The second-order valence-electron chi connectivity index (χ2n) is 5.13. The van der Waals surface area contributed by atoms with Crippen molar-refractivity contribution in [2.75, 3.05) is 12.4 Å². The molecular weight excluding hydrogens is 274 g/mol. The summed E-state index contributed by atoms with van der Waals surface area (Å²) < 4.78 is 30.1. The lowest BCUT2D eigenvalue weighted by atomic mass is 9.88. The van der Waals surface area contributed by atoms with Gasteiger partial charge in [-0.15, -0.1) is 0 Å². The minimum absolute atomic E-state index is 0.173. The number of aliphatic carboxylic acids is 1. The fraction of sp³-hybridized carbons (Fsp3) is 0.818. The van der Waals surface area contributed by atoms with Crippen molar-refractivity contribution in [3.05, 3.63) is 0 Å². The highest BCUT2D eigenvalue weighted by Gasteiger charge is 2.34. The van der Waals surface area contributed by atoms with Crippen LogP contribution >= 0.6 is 0 Å². The van der Waals surface area contributed by atoms with E-state index in [0.29, 0.717) is 0 Å². The first-order valence-electron chi connectivity index (χ1n) is 5.88. The molecule has 0 saturated carbocycles. The van der Waals surface area contributed by atoms with E-state index in [9.17, 15) is 18.0 Å². The van der Waals surface area contributed by atoms with Gasteiger partial charge in [-0.2, -0.15) is 0 Å². The smallest absolute Gasteiger partial charge is 0.322 e. The third kappa shape index (κ3) is 7.12. The minimum atomic E-state index is -3.85. The number of hydrogen-bond acceptors (Lipinski definition) is 5. The summed E-state index contributed by atoms with van der Waals surface area (Å²) in [4.78, 5) is 22.1. The zero-order chi connectivity index (χ0) is 15.3. The number of nitrogens with one attached hydrogen (secondary N) is 1. The predicted octanol–water partition coefficient (Wildman–Crippen LogP) is 0.358. The summed E-state index contributed by atoms with van der Waals surface area (Å²) in [5, 5.41) is 9.02. The molecule has 0 fully saturated rings. The van der Waals surface area contributed by atoms with Gasteiger partial charge in [0.2, 0.25) is 10.0 Å². The molecule has 0 aliphatic rings. The number of sulfonamides is 1. The molecule has 8 heteroatoms. The van der Waals surface area contributed by atoms with Gasteiger partial charge >= 0.3 is 11.9 Å². The van der Waals surface area contributed by atoms with Crippen LogP contribution in [0.3, 0.4) is 0 Å². The standard InChI is InChI=1S/C11H21NO6S/c1-5-18-8(13)6-7-19(16,17)12-9(10(14)15)11(2,3)4/h9,12H,5-7H2,1-4H3,(H,14,15)/t9-/m0/s1. The normalized spacial score (nSPS) is 13.9. The Hall–Kier alpha value is -1.15. The lowest BCUT2D eigenvalue weighted by molar-refractivity contribution is -0.143. The Morgan fingerprint density at radius 3 is 2.21 bits per heavy atom. The first kappa shape index (κ1) is 17.8. The lowest BCUT2D eigenvalue weighted by Gasteiger charge is -2.27. The Labute approximate surface area is 113 Å². The van der Waals surface area contributed by atoms with E-state index in [1.165, 1.54) is 0 Å². The van der Waals surface area contributed by atoms with Crippen molar-refractivity contribution in [1.29, 1.82) is 0 Å². The maximum absolute atomic E-state index is 11.7. The van der Waals surface area contributed by atoms with Gasteiger partial charge in [-0.25, -0.2) is 13.1 Å². The summed E-state index contributed by atoms with van der Waals surface area (Å²) in [6, 6.07) is -1.25. The van der Waals surface area contributed by atoms with Crippen LogP contribution in [0.5, 0.6) is 0 Å². The zero-order valence-corrected chi connectivity index (χ0v) is 12.4. The first-order chi connectivity index (χ1) is 8.49. The average molecular weight is 295 g/mol. The molecule has 0 spiro atoms. The second kappa shape index (κ2) is 6.85. The molecule has 0 rings (SSSR count). The van der Waals surface area contributed by atoms with Gasteiger partial charge < -0.3 is 9.84 Å². The first-order valence-corrected chi connectivity index (χ1v) is 7.53. The number of ether oxygens (including phenoxy) is 1. The molecule has 0 amide bonds. The van der Waals surface area contributed by atoms with Gasteiger partial charge in [-0.05, 0) is 12.3 Å². The Balaban J connectivity index is 4.67. The number of carboxylic acids is 1. The monoisotopic (exact) mass is 295 g/mol. The van der Waals surface area contributed by atoms with E-state index in [4.69, 9.17) is 5.11 Å². The average Bonchev–Trinajstić information content (AvgIpc) is 2.22. The van der Waals surface area contributed by atoms with Gasteiger partial charge in [0.25, 0.3) is 0 Å². The van der Waals surface area contributed by atoms with Crippen LogP contribution in [0, 0.1) is 5.41 Å². The molecule has 0 aromatic rings.